The minimum atomic E-state index is 0.716. The van der Waals surface area contributed by atoms with Crippen LogP contribution in [0.1, 0.15) is 5.69 Å². The quantitative estimate of drug-likeness (QED) is 0.743. The maximum Gasteiger partial charge on any atom is 0.170 e. The summed E-state index contributed by atoms with van der Waals surface area (Å²) in [7, 11) is 0. The van der Waals surface area contributed by atoms with Crippen LogP contribution in [0.2, 0.25) is 4.34 Å². The summed E-state index contributed by atoms with van der Waals surface area (Å²) >= 11 is 10.7. The van der Waals surface area contributed by atoms with Gasteiger partial charge in [0.2, 0.25) is 0 Å². The van der Waals surface area contributed by atoms with Crippen molar-refractivity contribution in [3.63, 3.8) is 0 Å². The second-order valence-corrected chi connectivity index (χ2v) is 5.29. The molecule has 0 aromatic carbocycles. The van der Waals surface area contributed by atoms with Crippen molar-refractivity contribution < 1.29 is 0 Å². The van der Waals surface area contributed by atoms with Gasteiger partial charge >= 0.3 is 0 Å². The lowest BCUT2D eigenvalue weighted by molar-refractivity contribution is 1.10. The van der Waals surface area contributed by atoms with Gasteiger partial charge in [-0.05, 0) is 41.1 Å². The number of thiophene rings is 1. The van der Waals surface area contributed by atoms with E-state index in [-0.39, 0.29) is 0 Å². The average molecular weight is 290 g/mol. The molecule has 5 heteroatoms. The van der Waals surface area contributed by atoms with Crippen LogP contribution in [0.3, 0.4) is 0 Å². The predicted octanol–water partition coefficient (Wildman–Crippen LogP) is 3.93. The van der Waals surface area contributed by atoms with Gasteiger partial charge in [-0.1, -0.05) is 11.6 Å². The Hall–Kier alpha value is -0.450. The minimum Gasteiger partial charge on any atom is -0.233 e. The topological polar surface area (TPSA) is 25.8 Å². The molecule has 2 heterocycles. The molecule has 0 amide bonds. The molecule has 0 unspecified atom stereocenters. The zero-order chi connectivity index (χ0) is 10.1. The summed E-state index contributed by atoms with van der Waals surface area (Å²) in [4.78, 5) is 9.59. The number of aryl methyl sites for hydroxylation is 1. The fraction of sp³-hybridized carbons (Fsp3) is 0.111. The fourth-order valence-corrected chi connectivity index (χ4v) is 2.55. The normalized spacial score (nSPS) is 10.5. The lowest BCUT2D eigenvalue weighted by Gasteiger charge is -1.98. The Morgan fingerprint density at radius 1 is 1.36 bits per heavy atom. The summed E-state index contributed by atoms with van der Waals surface area (Å²) in [6.07, 6.45) is 0. The molecule has 0 saturated heterocycles. The Kier molecular flexibility index (Phi) is 2.85. The molecular formula is C9H6BrClN2S. The molecule has 2 aromatic heterocycles. The first kappa shape index (κ1) is 10.1. The Bertz CT molecular complexity index is 449. The van der Waals surface area contributed by atoms with Crippen molar-refractivity contribution in [2.75, 3.05) is 0 Å². The highest BCUT2D eigenvalue weighted by Crippen LogP contribution is 2.29. The van der Waals surface area contributed by atoms with Crippen LogP contribution in [0.4, 0.5) is 0 Å². The number of aromatic nitrogens is 2. The third kappa shape index (κ3) is 2.13. The van der Waals surface area contributed by atoms with Crippen LogP contribution in [0.5, 0.6) is 0 Å². The van der Waals surface area contributed by atoms with Gasteiger partial charge in [0.15, 0.2) is 5.82 Å². The maximum atomic E-state index is 5.84. The van der Waals surface area contributed by atoms with E-state index >= 15 is 0 Å². The van der Waals surface area contributed by atoms with Crippen LogP contribution < -0.4 is 0 Å². The van der Waals surface area contributed by atoms with Crippen molar-refractivity contribution in [2.45, 2.75) is 6.92 Å². The molecule has 0 bridgehead atoms. The summed E-state index contributed by atoms with van der Waals surface area (Å²) in [6, 6.07) is 5.65. The molecule has 72 valence electrons. The Morgan fingerprint density at radius 3 is 2.71 bits per heavy atom. The summed E-state index contributed by atoms with van der Waals surface area (Å²) in [5.74, 6) is 0.716. The molecule has 0 spiro atoms. The summed E-state index contributed by atoms with van der Waals surface area (Å²) in [5, 5.41) is 0. The van der Waals surface area contributed by atoms with Crippen molar-refractivity contribution in [1.29, 1.82) is 0 Å². The molecule has 14 heavy (non-hydrogen) atoms. The van der Waals surface area contributed by atoms with E-state index in [1.165, 1.54) is 11.3 Å². The van der Waals surface area contributed by atoms with Crippen molar-refractivity contribution in [2.24, 2.45) is 0 Å². The zero-order valence-corrected chi connectivity index (χ0v) is 10.4. The Labute approximate surface area is 99.1 Å². The minimum absolute atomic E-state index is 0.716. The molecule has 0 saturated carbocycles. The Morgan fingerprint density at radius 2 is 2.14 bits per heavy atom. The predicted molar refractivity (Wildman–Crippen MR) is 62.8 cm³/mol. The summed E-state index contributed by atoms with van der Waals surface area (Å²) in [6.45, 7) is 1.94. The molecule has 2 aromatic rings. The number of halogens is 2. The van der Waals surface area contributed by atoms with E-state index in [4.69, 9.17) is 11.6 Å². The van der Waals surface area contributed by atoms with E-state index in [1.54, 1.807) is 0 Å². The van der Waals surface area contributed by atoms with Gasteiger partial charge in [-0.15, -0.1) is 11.3 Å². The van der Waals surface area contributed by atoms with E-state index in [2.05, 4.69) is 25.9 Å². The smallest absolute Gasteiger partial charge is 0.170 e. The highest BCUT2D eigenvalue weighted by atomic mass is 79.9. The molecule has 2 nitrogen and oxygen atoms in total. The SMILES string of the molecule is Cc1cc(Br)nc(-c2ccc(Cl)s2)n1. The average Bonchev–Trinajstić information content (AvgIpc) is 2.50. The summed E-state index contributed by atoms with van der Waals surface area (Å²) < 4.78 is 1.55. The van der Waals surface area contributed by atoms with Crippen LogP contribution in [-0.4, -0.2) is 9.97 Å². The van der Waals surface area contributed by atoms with E-state index in [0.29, 0.717) is 5.82 Å². The van der Waals surface area contributed by atoms with E-state index in [9.17, 15) is 0 Å². The van der Waals surface area contributed by atoms with Crippen molar-refractivity contribution >= 4 is 38.9 Å². The van der Waals surface area contributed by atoms with Gasteiger partial charge in [0, 0.05) is 5.69 Å². The molecule has 0 aliphatic heterocycles. The van der Waals surface area contributed by atoms with Crippen molar-refractivity contribution in [1.82, 2.24) is 9.97 Å². The maximum absolute atomic E-state index is 5.84. The van der Waals surface area contributed by atoms with E-state index in [1.807, 2.05) is 25.1 Å². The molecule has 0 atom stereocenters. The van der Waals surface area contributed by atoms with Gasteiger partial charge in [-0.25, -0.2) is 9.97 Å². The second-order valence-electron chi connectivity index (χ2n) is 2.76. The highest BCUT2D eigenvalue weighted by molar-refractivity contribution is 9.10. The van der Waals surface area contributed by atoms with E-state index in [0.717, 1.165) is 19.5 Å². The van der Waals surface area contributed by atoms with Gasteiger partial charge in [-0.2, -0.15) is 0 Å². The standard InChI is InChI=1S/C9H6BrClN2S/c1-5-4-7(10)13-9(12-5)6-2-3-8(11)14-6/h2-4H,1H3. The molecule has 0 fully saturated rings. The lowest BCUT2D eigenvalue weighted by atomic mass is 10.4. The van der Waals surface area contributed by atoms with Crippen LogP contribution in [-0.2, 0) is 0 Å². The van der Waals surface area contributed by atoms with Crippen LogP contribution in [0.25, 0.3) is 10.7 Å². The van der Waals surface area contributed by atoms with Crippen molar-refractivity contribution in [3.05, 3.63) is 32.8 Å². The van der Waals surface area contributed by atoms with Crippen LogP contribution in [0.15, 0.2) is 22.8 Å². The largest absolute Gasteiger partial charge is 0.233 e. The third-order valence-electron chi connectivity index (χ3n) is 1.62. The molecule has 2 rings (SSSR count). The first-order valence-corrected chi connectivity index (χ1v) is 5.91. The first-order chi connectivity index (χ1) is 6.65. The molecule has 0 N–H and O–H groups in total. The van der Waals surface area contributed by atoms with Gasteiger partial charge in [-0.3, -0.25) is 0 Å². The van der Waals surface area contributed by atoms with Gasteiger partial charge in [0.25, 0.3) is 0 Å². The zero-order valence-electron chi connectivity index (χ0n) is 7.29. The second kappa shape index (κ2) is 3.96. The van der Waals surface area contributed by atoms with Gasteiger partial charge in [0.1, 0.15) is 4.60 Å². The first-order valence-electron chi connectivity index (χ1n) is 3.92. The molecule has 0 aliphatic rings. The summed E-state index contributed by atoms with van der Waals surface area (Å²) in [5.41, 5.74) is 0.936. The Balaban J connectivity index is 2.51. The lowest BCUT2D eigenvalue weighted by Crippen LogP contribution is -1.90. The van der Waals surface area contributed by atoms with Gasteiger partial charge < -0.3 is 0 Å². The fourth-order valence-electron chi connectivity index (χ4n) is 1.07. The van der Waals surface area contributed by atoms with Gasteiger partial charge in [0.05, 0.1) is 9.21 Å². The highest BCUT2D eigenvalue weighted by Gasteiger charge is 2.06. The van der Waals surface area contributed by atoms with Crippen LogP contribution >= 0.6 is 38.9 Å². The van der Waals surface area contributed by atoms with E-state index < -0.39 is 0 Å². The monoisotopic (exact) mass is 288 g/mol. The molecular weight excluding hydrogens is 284 g/mol. The third-order valence-corrected chi connectivity index (χ3v) is 3.25. The van der Waals surface area contributed by atoms with Crippen molar-refractivity contribution in [3.8, 4) is 10.7 Å². The molecule has 0 aliphatic carbocycles. The number of rotatable bonds is 1. The number of hydrogen-bond donors (Lipinski definition) is 0. The van der Waals surface area contributed by atoms with Crippen LogP contribution in [0, 0.1) is 6.92 Å². The molecule has 0 radical (unpaired) electrons. The number of hydrogen-bond acceptors (Lipinski definition) is 3. The number of nitrogens with zero attached hydrogens (tertiary/aromatic N) is 2.